The molecule has 3 unspecified atom stereocenters. The summed E-state index contributed by atoms with van der Waals surface area (Å²) < 4.78 is 0. The van der Waals surface area contributed by atoms with E-state index in [1.807, 2.05) is 0 Å². The van der Waals surface area contributed by atoms with Gasteiger partial charge in [0, 0.05) is 19.4 Å². The number of nitrogens with one attached hydrogen (secondary N) is 2. The summed E-state index contributed by atoms with van der Waals surface area (Å²) in [5.74, 6) is -4.00. The third-order valence-corrected chi connectivity index (χ3v) is 5.16. The highest BCUT2D eigenvalue weighted by atomic mass is 16.4. The van der Waals surface area contributed by atoms with E-state index in [-0.39, 0.29) is 19.3 Å². The van der Waals surface area contributed by atoms with Gasteiger partial charge in [-0.3, -0.25) is 19.2 Å². The van der Waals surface area contributed by atoms with E-state index in [0.29, 0.717) is 19.4 Å². The van der Waals surface area contributed by atoms with Gasteiger partial charge in [-0.05, 0) is 24.8 Å². The molecule has 1 saturated heterocycles. The highest BCUT2D eigenvalue weighted by Crippen LogP contribution is 2.19. The van der Waals surface area contributed by atoms with Gasteiger partial charge in [0.15, 0.2) is 0 Å². The van der Waals surface area contributed by atoms with E-state index in [4.69, 9.17) is 10.8 Å². The van der Waals surface area contributed by atoms with Crippen molar-refractivity contribution >= 4 is 29.7 Å². The normalized spacial score (nSPS) is 17.3. The van der Waals surface area contributed by atoms with Crippen LogP contribution in [-0.4, -0.2) is 76.0 Å². The molecule has 0 aliphatic carbocycles. The number of carbonyl (C=O) groups is 5. The Morgan fingerprint density at radius 2 is 1.81 bits per heavy atom. The molecule has 0 spiro atoms. The lowest BCUT2D eigenvalue weighted by Crippen LogP contribution is -2.53. The van der Waals surface area contributed by atoms with Crippen molar-refractivity contribution in [2.75, 3.05) is 13.1 Å². The number of nitrogens with zero attached hydrogens (tertiary/aromatic N) is 1. The van der Waals surface area contributed by atoms with Gasteiger partial charge in [-0.25, -0.2) is 4.79 Å². The lowest BCUT2D eigenvalue weighted by Gasteiger charge is -2.26. The Hall–Kier alpha value is -3.47. The van der Waals surface area contributed by atoms with Crippen LogP contribution in [0.2, 0.25) is 0 Å². The Balaban J connectivity index is 1.87. The Kier molecular flexibility index (Phi) is 9.14. The largest absolute Gasteiger partial charge is 0.481 e. The summed E-state index contributed by atoms with van der Waals surface area (Å²) in [6.45, 7) is -0.136. The van der Waals surface area contributed by atoms with E-state index in [1.54, 1.807) is 30.3 Å². The van der Waals surface area contributed by atoms with Gasteiger partial charge in [-0.1, -0.05) is 30.3 Å². The maximum absolute atomic E-state index is 12.5. The van der Waals surface area contributed by atoms with Crippen LogP contribution >= 0.6 is 0 Å². The van der Waals surface area contributed by atoms with Crippen LogP contribution in [0.4, 0.5) is 0 Å². The maximum Gasteiger partial charge on any atom is 0.326 e. The smallest absolute Gasteiger partial charge is 0.326 e. The van der Waals surface area contributed by atoms with Crippen LogP contribution in [0.25, 0.3) is 0 Å². The fourth-order valence-corrected chi connectivity index (χ4v) is 3.50. The number of likely N-dealkylation sites (tertiary alicyclic amines) is 1. The van der Waals surface area contributed by atoms with Gasteiger partial charge >= 0.3 is 11.9 Å². The highest BCUT2D eigenvalue weighted by molar-refractivity contribution is 5.93. The van der Waals surface area contributed by atoms with Crippen LogP contribution in [0.15, 0.2) is 30.3 Å². The first kappa shape index (κ1) is 24.8. The second-order valence-corrected chi connectivity index (χ2v) is 7.59. The second-order valence-electron chi connectivity index (χ2n) is 7.59. The number of nitrogens with two attached hydrogens (primary N) is 1. The predicted molar refractivity (Wildman–Crippen MR) is 112 cm³/mol. The number of carboxylic acids is 2. The van der Waals surface area contributed by atoms with Crippen molar-refractivity contribution in [3.8, 4) is 0 Å². The molecule has 174 valence electrons. The van der Waals surface area contributed by atoms with E-state index in [2.05, 4.69) is 10.6 Å². The number of aliphatic carboxylic acids is 2. The van der Waals surface area contributed by atoms with E-state index in [9.17, 15) is 29.1 Å². The van der Waals surface area contributed by atoms with Gasteiger partial charge < -0.3 is 31.5 Å². The van der Waals surface area contributed by atoms with E-state index >= 15 is 0 Å². The molecule has 32 heavy (non-hydrogen) atoms. The van der Waals surface area contributed by atoms with Crippen LogP contribution in [0.3, 0.4) is 0 Å². The molecule has 3 atom stereocenters. The minimum Gasteiger partial charge on any atom is -0.481 e. The molecule has 3 amide bonds. The molecule has 6 N–H and O–H groups in total. The number of rotatable bonds is 11. The Labute approximate surface area is 184 Å². The summed E-state index contributed by atoms with van der Waals surface area (Å²) >= 11 is 0. The first-order valence-corrected chi connectivity index (χ1v) is 10.3. The lowest BCUT2D eigenvalue weighted by molar-refractivity contribution is -0.142. The predicted octanol–water partition coefficient (Wildman–Crippen LogP) is -0.902. The van der Waals surface area contributed by atoms with Gasteiger partial charge in [0.2, 0.25) is 17.7 Å². The van der Waals surface area contributed by atoms with Gasteiger partial charge in [0.1, 0.15) is 12.1 Å². The average molecular weight is 448 g/mol. The topological polar surface area (TPSA) is 179 Å². The number of amides is 3. The average Bonchev–Trinajstić information content (AvgIpc) is 3.25. The number of benzene rings is 1. The van der Waals surface area contributed by atoms with Gasteiger partial charge in [-0.2, -0.15) is 0 Å². The summed E-state index contributed by atoms with van der Waals surface area (Å²) in [5, 5.41) is 22.9. The van der Waals surface area contributed by atoms with Crippen LogP contribution in [0.5, 0.6) is 0 Å². The van der Waals surface area contributed by atoms with Crippen molar-refractivity contribution in [2.24, 2.45) is 5.73 Å². The summed E-state index contributed by atoms with van der Waals surface area (Å²) in [6, 6.07) is 5.81. The standard InChI is InChI=1S/C21H28N4O7/c22-14(8-9-18(27)28)20(30)25-10-4-7-16(25)19(29)23-12-17(26)24-15(21(31)32)11-13-5-2-1-3-6-13/h1-3,5-6,14-16H,4,7-12,22H2,(H,23,29)(H,24,26)(H,27,28)(H,31,32). The molecule has 0 radical (unpaired) electrons. The Morgan fingerprint density at radius 1 is 1.12 bits per heavy atom. The molecule has 1 aliphatic rings. The van der Waals surface area contributed by atoms with Gasteiger partial charge in [-0.15, -0.1) is 0 Å². The maximum atomic E-state index is 12.5. The van der Waals surface area contributed by atoms with E-state index < -0.39 is 54.3 Å². The molecule has 0 saturated carbocycles. The number of hydrogen-bond acceptors (Lipinski definition) is 6. The van der Waals surface area contributed by atoms with Gasteiger partial charge in [0.05, 0.1) is 12.6 Å². The van der Waals surface area contributed by atoms with Crippen LogP contribution < -0.4 is 16.4 Å². The monoisotopic (exact) mass is 448 g/mol. The first-order chi connectivity index (χ1) is 15.2. The minimum absolute atomic E-state index is 0.0423. The van der Waals surface area contributed by atoms with Crippen molar-refractivity contribution in [1.29, 1.82) is 0 Å². The second kappa shape index (κ2) is 11.8. The summed E-state index contributed by atoms with van der Waals surface area (Å²) in [5.41, 5.74) is 6.51. The summed E-state index contributed by atoms with van der Waals surface area (Å²) in [4.78, 5) is 60.7. The number of hydrogen-bond donors (Lipinski definition) is 5. The van der Waals surface area contributed by atoms with Crippen molar-refractivity contribution in [3.05, 3.63) is 35.9 Å². The number of carboxylic acid groups (broad SMARTS) is 2. The fraction of sp³-hybridized carbons (Fsp3) is 0.476. The zero-order valence-corrected chi connectivity index (χ0v) is 17.5. The quantitative estimate of drug-likeness (QED) is 0.289. The molecule has 1 fully saturated rings. The highest BCUT2D eigenvalue weighted by Gasteiger charge is 2.36. The van der Waals surface area contributed by atoms with Crippen molar-refractivity contribution in [2.45, 2.75) is 50.2 Å². The van der Waals surface area contributed by atoms with Crippen LogP contribution in [-0.2, 0) is 30.4 Å². The molecule has 11 nitrogen and oxygen atoms in total. The molecular weight excluding hydrogens is 420 g/mol. The minimum atomic E-state index is -1.20. The molecule has 1 aromatic rings. The molecule has 0 bridgehead atoms. The third kappa shape index (κ3) is 7.34. The van der Waals surface area contributed by atoms with Crippen molar-refractivity contribution < 1.29 is 34.2 Å². The summed E-state index contributed by atoms with van der Waals surface area (Å²) in [7, 11) is 0. The molecule has 2 rings (SSSR count). The molecule has 0 aromatic heterocycles. The van der Waals surface area contributed by atoms with Gasteiger partial charge in [0.25, 0.3) is 0 Å². The zero-order chi connectivity index (χ0) is 23.7. The molecule has 1 aromatic carbocycles. The van der Waals surface area contributed by atoms with E-state index in [0.717, 1.165) is 5.56 Å². The SMILES string of the molecule is NC(CCC(=O)O)C(=O)N1CCCC1C(=O)NCC(=O)NC(Cc1ccccc1)C(=O)O. The van der Waals surface area contributed by atoms with Crippen LogP contribution in [0.1, 0.15) is 31.2 Å². The molecule has 1 aliphatic heterocycles. The fourth-order valence-electron chi connectivity index (χ4n) is 3.50. The van der Waals surface area contributed by atoms with Crippen LogP contribution in [0, 0.1) is 0 Å². The van der Waals surface area contributed by atoms with Crippen molar-refractivity contribution in [1.82, 2.24) is 15.5 Å². The lowest BCUT2D eigenvalue weighted by atomic mass is 10.1. The van der Waals surface area contributed by atoms with Crippen molar-refractivity contribution in [3.63, 3.8) is 0 Å². The molecule has 11 heteroatoms. The Bertz CT molecular complexity index is 846. The number of carbonyl (C=O) groups excluding carboxylic acids is 3. The first-order valence-electron chi connectivity index (χ1n) is 10.3. The molecule has 1 heterocycles. The molecular formula is C21H28N4O7. The summed E-state index contributed by atoms with van der Waals surface area (Å²) in [6.07, 6.45) is 0.746. The van der Waals surface area contributed by atoms with E-state index in [1.165, 1.54) is 4.90 Å². The third-order valence-electron chi connectivity index (χ3n) is 5.16. The Morgan fingerprint density at radius 3 is 2.44 bits per heavy atom. The zero-order valence-electron chi connectivity index (χ0n) is 17.5.